The van der Waals surface area contributed by atoms with E-state index >= 15 is 0 Å². The Morgan fingerprint density at radius 3 is 2.72 bits per heavy atom. The molecule has 2 amide bonds. The summed E-state index contributed by atoms with van der Waals surface area (Å²) < 4.78 is 21.7. The molecule has 1 aliphatic rings. The van der Waals surface area contributed by atoms with E-state index in [2.05, 4.69) is 5.32 Å². The number of nitrogens with zero attached hydrogens (tertiary/aromatic N) is 1. The first-order chi connectivity index (χ1) is 8.31. The highest BCUT2D eigenvalue weighted by molar-refractivity contribution is 7.99. The Hall–Kier alpha value is -0.960. The van der Waals surface area contributed by atoms with Crippen molar-refractivity contribution in [3.8, 4) is 0 Å². The van der Waals surface area contributed by atoms with E-state index in [1.807, 2.05) is 0 Å². The van der Waals surface area contributed by atoms with Crippen LogP contribution in [0.3, 0.4) is 0 Å². The minimum Gasteiger partial charge on any atom is -0.480 e. The summed E-state index contributed by atoms with van der Waals surface area (Å²) in [6.45, 7) is 0.222. The number of carboxylic acid groups (broad SMARTS) is 1. The van der Waals surface area contributed by atoms with Crippen molar-refractivity contribution in [3.63, 3.8) is 0 Å². The maximum absolute atomic E-state index is 11.7. The smallest absolute Gasteiger partial charge is 0.327 e. The Kier molecular flexibility index (Phi) is 5.27. The maximum atomic E-state index is 11.7. The van der Waals surface area contributed by atoms with E-state index in [0.717, 1.165) is 6.26 Å². The number of amides is 2. The summed E-state index contributed by atoms with van der Waals surface area (Å²) in [5.41, 5.74) is 0. The van der Waals surface area contributed by atoms with Gasteiger partial charge in [-0.1, -0.05) is 0 Å². The first-order valence-corrected chi connectivity index (χ1v) is 8.55. The van der Waals surface area contributed by atoms with E-state index in [1.165, 1.54) is 16.7 Å². The number of hydrogen-bond acceptors (Lipinski definition) is 5. The van der Waals surface area contributed by atoms with Gasteiger partial charge in [0.1, 0.15) is 15.9 Å². The number of urea groups is 1. The number of hydrogen-bond donors (Lipinski definition) is 2. The van der Waals surface area contributed by atoms with Gasteiger partial charge in [-0.2, -0.15) is 0 Å². The van der Waals surface area contributed by atoms with Crippen LogP contribution >= 0.6 is 11.8 Å². The molecule has 1 heterocycles. The highest BCUT2D eigenvalue weighted by atomic mass is 32.2. The van der Waals surface area contributed by atoms with E-state index in [0.29, 0.717) is 18.1 Å². The predicted molar refractivity (Wildman–Crippen MR) is 68.3 cm³/mol. The van der Waals surface area contributed by atoms with Crippen LogP contribution in [0.25, 0.3) is 0 Å². The summed E-state index contributed by atoms with van der Waals surface area (Å²) in [5, 5.41) is 11.4. The van der Waals surface area contributed by atoms with Crippen LogP contribution in [0.2, 0.25) is 0 Å². The number of sulfone groups is 1. The van der Waals surface area contributed by atoms with Crippen LogP contribution in [0.1, 0.15) is 6.42 Å². The van der Waals surface area contributed by atoms with E-state index in [9.17, 15) is 18.0 Å². The molecular weight excluding hydrogens is 280 g/mol. The molecule has 0 aromatic carbocycles. The quantitative estimate of drug-likeness (QED) is 0.668. The van der Waals surface area contributed by atoms with Crippen molar-refractivity contribution in [3.05, 3.63) is 0 Å². The fourth-order valence-corrected chi connectivity index (χ4v) is 3.29. The van der Waals surface area contributed by atoms with Crippen LogP contribution in [-0.4, -0.2) is 66.6 Å². The van der Waals surface area contributed by atoms with Crippen molar-refractivity contribution in [1.29, 1.82) is 0 Å². The second-order valence-corrected chi connectivity index (χ2v) is 7.30. The van der Waals surface area contributed by atoms with Crippen molar-refractivity contribution < 1.29 is 23.1 Å². The minimum atomic E-state index is -3.03. The molecule has 1 saturated heterocycles. The molecule has 9 heteroatoms. The van der Waals surface area contributed by atoms with E-state index in [-0.39, 0.29) is 12.3 Å². The Bertz CT molecular complexity index is 423. The molecule has 18 heavy (non-hydrogen) atoms. The van der Waals surface area contributed by atoms with Gasteiger partial charge in [-0.25, -0.2) is 18.0 Å². The van der Waals surface area contributed by atoms with Gasteiger partial charge in [0.15, 0.2) is 0 Å². The van der Waals surface area contributed by atoms with Gasteiger partial charge in [0.05, 0.1) is 11.6 Å². The Morgan fingerprint density at radius 2 is 2.17 bits per heavy atom. The zero-order valence-corrected chi connectivity index (χ0v) is 11.6. The molecule has 0 bridgehead atoms. The molecule has 1 unspecified atom stereocenters. The summed E-state index contributed by atoms with van der Waals surface area (Å²) in [5.74, 6) is -0.294. The molecular formula is C9H16N2O5S2. The molecule has 2 N–H and O–H groups in total. The van der Waals surface area contributed by atoms with Gasteiger partial charge in [0, 0.05) is 18.6 Å². The second-order valence-electron chi connectivity index (χ2n) is 4.04. The average molecular weight is 296 g/mol. The molecule has 1 atom stereocenters. The zero-order valence-electron chi connectivity index (χ0n) is 9.96. The second kappa shape index (κ2) is 6.28. The lowest BCUT2D eigenvalue weighted by Gasteiger charge is -2.20. The van der Waals surface area contributed by atoms with Crippen molar-refractivity contribution in [2.45, 2.75) is 12.5 Å². The molecule has 1 fully saturated rings. The largest absolute Gasteiger partial charge is 0.480 e. The van der Waals surface area contributed by atoms with Crippen LogP contribution in [0.4, 0.5) is 4.79 Å². The van der Waals surface area contributed by atoms with E-state index < -0.39 is 27.9 Å². The van der Waals surface area contributed by atoms with Crippen LogP contribution in [-0.2, 0) is 14.6 Å². The molecule has 1 rings (SSSR count). The van der Waals surface area contributed by atoms with Crippen LogP contribution < -0.4 is 5.32 Å². The number of carbonyl (C=O) groups excluding carboxylic acids is 1. The predicted octanol–water partition coefficient (Wildman–Crippen LogP) is -0.410. The van der Waals surface area contributed by atoms with Gasteiger partial charge in [-0.05, 0) is 6.42 Å². The maximum Gasteiger partial charge on any atom is 0.327 e. The molecule has 0 aromatic heterocycles. The normalized spacial score (nSPS) is 19.8. The monoisotopic (exact) mass is 296 g/mol. The minimum absolute atomic E-state index is 0.00435. The summed E-state index contributed by atoms with van der Waals surface area (Å²) in [4.78, 5) is 23.8. The van der Waals surface area contributed by atoms with Crippen LogP contribution in [0.5, 0.6) is 0 Å². The van der Waals surface area contributed by atoms with Gasteiger partial charge >= 0.3 is 12.0 Å². The highest BCUT2D eigenvalue weighted by Crippen LogP contribution is 2.20. The van der Waals surface area contributed by atoms with E-state index in [4.69, 9.17) is 5.11 Å². The Labute approximate surface area is 110 Å². The van der Waals surface area contributed by atoms with Crippen molar-refractivity contribution >= 4 is 33.6 Å². The van der Waals surface area contributed by atoms with Crippen LogP contribution in [0.15, 0.2) is 0 Å². The number of thioether (sulfide) groups is 1. The molecule has 7 nitrogen and oxygen atoms in total. The topological polar surface area (TPSA) is 104 Å². The number of carboxylic acids is 1. The lowest BCUT2D eigenvalue weighted by molar-refractivity contribution is -0.140. The van der Waals surface area contributed by atoms with Gasteiger partial charge in [-0.3, -0.25) is 0 Å². The molecule has 0 spiro atoms. The lowest BCUT2D eigenvalue weighted by atomic mass is 10.3. The molecule has 104 valence electrons. The number of carbonyl (C=O) groups is 2. The molecule has 0 aromatic rings. The van der Waals surface area contributed by atoms with Crippen molar-refractivity contribution in [2.24, 2.45) is 0 Å². The first kappa shape index (κ1) is 15.1. The first-order valence-electron chi connectivity index (χ1n) is 5.34. The Balaban J connectivity index is 2.35. The number of aliphatic carboxylic acids is 1. The number of nitrogens with one attached hydrogen (secondary N) is 1. The average Bonchev–Trinajstić information content (AvgIpc) is 2.71. The molecule has 0 aliphatic carbocycles. The SMILES string of the molecule is CS(=O)(=O)CCCNC(=O)N1CSCC1C(=O)O. The third-order valence-corrected chi connectivity index (χ3v) is 4.44. The molecule has 0 radical (unpaired) electrons. The Morgan fingerprint density at radius 1 is 1.50 bits per heavy atom. The van der Waals surface area contributed by atoms with Gasteiger partial charge in [-0.15, -0.1) is 11.8 Å². The third kappa shape index (κ3) is 4.73. The lowest BCUT2D eigenvalue weighted by Crippen LogP contribution is -2.47. The fraction of sp³-hybridized carbons (Fsp3) is 0.778. The standard InChI is InChI=1S/C9H16N2O5S2/c1-18(15,16)4-2-3-10-9(14)11-6-17-5-7(11)8(12)13/h7H,2-6H2,1H3,(H,10,14)(H,12,13). The number of rotatable bonds is 5. The summed E-state index contributed by atoms with van der Waals surface area (Å²) >= 11 is 1.38. The summed E-state index contributed by atoms with van der Waals surface area (Å²) in [6.07, 6.45) is 1.45. The van der Waals surface area contributed by atoms with Gasteiger partial charge in [0.25, 0.3) is 0 Å². The highest BCUT2D eigenvalue weighted by Gasteiger charge is 2.34. The fourth-order valence-electron chi connectivity index (χ4n) is 1.48. The van der Waals surface area contributed by atoms with Crippen molar-refractivity contribution in [2.75, 3.05) is 30.2 Å². The van der Waals surface area contributed by atoms with E-state index in [1.54, 1.807) is 0 Å². The van der Waals surface area contributed by atoms with Gasteiger partial charge in [0.2, 0.25) is 0 Å². The molecule has 1 aliphatic heterocycles. The van der Waals surface area contributed by atoms with Crippen molar-refractivity contribution in [1.82, 2.24) is 10.2 Å². The van der Waals surface area contributed by atoms with Gasteiger partial charge < -0.3 is 15.3 Å². The van der Waals surface area contributed by atoms with Crippen LogP contribution in [0, 0.1) is 0 Å². The molecule has 0 saturated carbocycles. The summed E-state index contributed by atoms with van der Waals surface area (Å²) in [7, 11) is -3.03. The third-order valence-electron chi connectivity index (χ3n) is 2.40. The summed E-state index contributed by atoms with van der Waals surface area (Å²) in [6, 6.07) is -1.26. The zero-order chi connectivity index (χ0) is 13.8.